The lowest BCUT2D eigenvalue weighted by molar-refractivity contribution is 0.0885. The molecule has 1 aromatic rings. The van der Waals surface area contributed by atoms with Gasteiger partial charge >= 0.3 is 0 Å². The Morgan fingerprint density at radius 2 is 2.29 bits per heavy atom. The van der Waals surface area contributed by atoms with Crippen LogP contribution in [-0.4, -0.2) is 23.5 Å². The van der Waals surface area contributed by atoms with Crippen molar-refractivity contribution in [1.29, 1.82) is 0 Å². The van der Waals surface area contributed by atoms with Gasteiger partial charge in [0.2, 0.25) is 0 Å². The molecule has 1 fully saturated rings. The van der Waals surface area contributed by atoms with Gasteiger partial charge in [-0.25, -0.2) is 4.98 Å². The summed E-state index contributed by atoms with van der Waals surface area (Å²) in [6.07, 6.45) is 5.06. The fraction of sp³-hybridized carbons (Fsp3) is 0.529. The van der Waals surface area contributed by atoms with Crippen LogP contribution >= 0.6 is 0 Å². The van der Waals surface area contributed by atoms with E-state index in [1.807, 2.05) is 0 Å². The molecule has 2 rings (SSSR count). The molecule has 1 amide bonds. The number of nitrogens with two attached hydrogens (primary N) is 1. The minimum Gasteiger partial charge on any atom is -0.348 e. The largest absolute Gasteiger partial charge is 0.348 e. The van der Waals surface area contributed by atoms with E-state index in [2.05, 4.69) is 36.0 Å². The third-order valence-corrected chi connectivity index (χ3v) is 4.37. The van der Waals surface area contributed by atoms with E-state index in [1.165, 1.54) is 12.8 Å². The first-order valence-electron chi connectivity index (χ1n) is 7.58. The van der Waals surface area contributed by atoms with Crippen LogP contribution in [0.4, 0.5) is 0 Å². The molecule has 4 heteroatoms. The van der Waals surface area contributed by atoms with Gasteiger partial charge in [0.15, 0.2) is 0 Å². The van der Waals surface area contributed by atoms with Crippen molar-refractivity contribution in [2.24, 2.45) is 17.6 Å². The quantitative estimate of drug-likeness (QED) is 0.816. The first-order chi connectivity index (χ1) is 10.1. The van der Waals surface area contributed by atoms with E-state index in [1.54, 1.807) is 18.3 Å². The molecule has 1 aliphatic carbocycles. The number of aromatic nitrogens is 1. The summed E-state index contributed by atoms with van der Waals surface area (Å²) in [5.41, 5.74) is 6.42. The third-order valence-electron chi connectivity index (χ3n) is 4.37. The first-order valence-corrected chi connectivity index (χ1v) is 7.58. The fourth-order valence-corrected chi connectivity index (χ4v) is 2.86. The van der Waals surface area contributed by atoms with Crippen LogP contribution in [0.15, 0.2) is 18.3 Å². The van der Waals surface area contributed by atoms with Crippen LogP contribution in [0.25, 0.3) is 0 Å². The zero-order chi connectivity index (χ0) is 15.2. The van der Waals surface area contributed by atoms with Gasteiger partial charge in [-0.05, 0) is 30.4 Å². The van der Waals surface area contributed by atoms with Crippen molar-refractivity contribution in [2.75, 3.05) is 6.54 Å². The number of amides is 1. The summed E-state index contributed by atoms with van der Waals surface area (Å²) in [5.74, 6) is 6.69. The number of nitrogens with one attached hydrogen (secondary N) is 1. The van der Waals surface area contributed by atoms with Crippen LogP contribution in [-0.2, 0) is 0 Å². The molecule has 0 spiro atoms. The molecule has 0 radical (unpaired) electrons. The molecular formula is C17H23N3O. The Balaban J connectivity index is 2.13. The smallest absolute Gasteiger partial charge is 0.271 e. The average molecular weight is 285 g/mol. The highest BCUT2D eigenvalue weighted by Gasteiger charge is 2.29. The van der Waals surface area contributed by atoms with Crippen LogP contribution in [0.5, 0.6) is 0 Å². The number of hydrogen-bond donors (Lipinski definition) is 2. The zero-order valence-corrected chi connectivity index (χ0v) is 12.7. The Morgan fingerprint density at radius 3 is 3.05 bits per heavy atom. The first kappa shape index (κ1) is 15.5. The van der Waals surface area contributed by atoms with Gasteiger partial charge < -0.3 is 11.1 Å². The highest BCUT2D eigenvalue weighted by Crippen LogP contribution is 2.29. The molecule has 1 aliphatic rings. The van der Waals surface area contributed by atoms with Crippen molar-refractivity contribution >= 4 is 5.91 Å². The van der Waals surface area contributed by atoms with Gasteiger partial charge in [-0.1, -0.05) is 38.5 Å². The molecule has 0 aliphatic heterocycles. The Labute approximate surface area is 126 Å². The number of pyridine rings is 1. The molecule has 1 heterocycles. The normalized spacial score (nSPS) is 24.8. The zero-order valence-electron chi connectivity index (χ0n) is 12.7. The van der Waals surface area contributed by atoms with E-state index in [-0.39, 0.29) is 18.5 Å². The third kappa shape index (κ3) is 3.83. The SMILES string of the molecule is CC1CCCC(NC(=O)c2ncccc2C#CCN)C1C. The maximum absolute atomic E-state index is 12.5. The second kappa shape index (κ2) is 7.24. The summed E-state index contributed by atoms with van der Waals surface area (Å²) >= 11 is 0. The van der Waals surface area contributed by atoms with E-state index in [9.17, 15) is 4.79 Å². The maximum Gasteiger partial charge on any atom is 0.271 e. The average Bonchev–Trinajstić information content (AvgIpc) is 2.50. The van der Waals surface area contributed by atoms with Crippen molar-refractivity contribution in [3.05, 3.63) is 29.6 Å². The van der Waals surface area contributed by atoms with Crippen molar-refractivity contribution in [1.82, 2.24) is 10.3 Å². The minimum atomic E-state index is -0.136. The Hall–Kier alpha value is -1.86. The number of carbonyl (C=O) groups is 1. The van der Waals surface area contributed by atoms with Crippen LogP contribution in [0, 0.1) is 23.7 Å². The molecule has 112 valence electrons. The van der Waals surface area contributed by atoms with E-state index < -0.39 is 0 Å². The van der Waals surface area contributed by atoms with Gasteiger partial charge in [0.1, 0.15) is 5.69 Å². The van der Waals surface area contributed by atoms with Gasteiger partial charge in [0.05, 0.1) is 12.1 Å². The van der Waals surface area contributed by atoms with Crippen molar-refractivity contribution < 1.29 is 4.79 Å². The molecular weight excluding hydrogens is 262 g/mol. The van der Waals surface area contributed by atoms with Gasteiger partial charge in [-0.3, -0.25) is 4.79 Å². The lowest BCUT2D eigenvalue weighted by atomic mass is 9.78. The number of rotatable bonds is 2. The predicted octanol–water partition coefficient (Wildman–Crippen LogP) is 1.95. The van der Waals surface area contributed by atoms with Gasteiger partial charge in [-0.15, -0.1) is 0 Å². The molecule has 0 aromatic carbocycles. The lowest BCUT2D eigenvalue weighted by Gasteiger charge is -2.34. The molecule has 21 heavy (non-hydrogen) atoms. The fourth-order valence-electron chi connectivity index (χ4n) is 2.86. The second-order valence-electron chi connectivity index (χ2n) is 5.75. The van der Waals surface area contributed by atoms with Crippen molar-refractivity contribution in [3.63, 3.8) is 0 Å². The minimum absolute atomic E-state index is 0.136. The molecule has 1 saturated carbocycles. The summed E-state index contributed by atoms with van der Waals surface area (Å²) in [4.78, 5) is 16.7. The number of carbonyl (C=O) groups excluding carboxylic acids is 1. The number of hydrogen-bond acceptors (Lipinski definition) is 3. The molecule has 0 saturated heterocycles. The molecule has 0 bridgehead atoms. The monoisotopic (exact) mass is 285 g/mol. The lowest BCUT2D eigenvalue weighted by Crippen LogP contribution is -2.44. The van der Waals surface area contributed by atoms with Crippen LogP contribution < -0.4 is 11.1 Å². The topological polar surface area (TPSA) is 68.0 Å². The predicted molar refractivity (Wildman–Crippen MR) is 83.6 cm³/mol. The molecule has 4 nitrogen and oxygen atoms in total. The summed E-state index contributed by atoms with van der Waals surface area (Å²) in [6, 6.07) is 3.80. The maximum atomic E-state index is 12.5. The van der Waals surface area contributed by atoms with Gasteiger partial charge in [0, 0.05) is 12.2 Å². The number of nitrogens with zero attached hydrogens (tertiary/aromatic N) is 1. The summed E-state index contributed by atoms with van der Waals surface area (Å²) in [5, 5.41) is 3.13. The molecule has 1 aromatic heterocycles. The highest BCUT2D eigenvalue weighted by atomic mass is 16.1. The Kier molecular flexibility index (Phi) is 5.35. The van der Waals surface area contributed by atoms with E-state index in [0.717, 1.165) is 6.42 Å². The van der Waals surface area contributed by atoms with Crippen LogP contribution in [0.2, 0.25) is 0 Å². The molecule has 3 atom stereocenters. The standard InChI is InChI=1S/C17H23N3O/c1-12-6-3-9-15(13(12)2)20-17(21)16-14(7-4-10-18)8-5-11-19-16/h5,8,11-13,15H,3,6,9-10,18H2,1-2H3,(H,20,21). The summed E-state index contributed by atoms with van der Waals surface area (Å²) in [6.45, 7) is 4.73. The molecule has 3 N–H and O–H groups in total. The highest BCUT2D eigenvalue weighted by molar-refractivity contribution is 5.94. The van der Waals surface area contributed by atoms with E-state index in [4.69, 9.17) is 5.73 Å². The molecule has 3 unspecified atom stereocenters. The van der Waals surface area contributed by atoms with Gasteiger partial charge in [-0.2, -0.15) is 0 Å². The Bertz CT molecular complexity index is 559. The summed E-state index contributed by atoms with van der Waals surface area (Å²) < 4.78 is 0. The van der Waals surface area contributed by atoms with Crippen molar-refractivity contribution in [3.8, 4) is 11.8 Å². The van der Waals surface area contributed by atoms with Crippen LogP contribution in [0.1, 0.15) is 49.2 Å². The van der Waals surface area contributed by atoms with Crippen LogP contribution in [0.3, 0.4) is 0 Å². The van der Waals surface area contributed by atoms with Crippen molar-refractivity contribution in [2.45, 2.75) is 39.2 Å². The second-order valence-corrected chi connectivity index (χ2v) is 5.75. The summed E-state index contributed by atoms with van der Waals surface area (Å²) in [7, 11) is 0. The van der Waals surface area contributed by atoms with E-state index in [0.29, 0.717) is 23.1 Å². The Morgan fingerprint density at radius 1 is 1.48 bits per heavy atom. The van der Waals surface area contributed by atoms with Gasteiger partial charge in [0.25, 0.3) is 5.91 Å². The van der Waals surface area contributed by atoms with E-state index >= 15 is 0 Å².